The zero-order valence-electron chi connectivity index (χ0n) is 5.42. The zero-order valence-corrected chi connectivity index (χ0v) is 6.24. The minimum Gasteiger partial charge on any atom is -0.493 e. The van der Waals surface area contributed by atoms with Gasteiger partial charge in [-0.2, -0.15) is 0 Å². The number of rotatable bonds is 0. The Labute approximate surface area is 56.2 Å². The average molecular weight is 132 g/mol. The number of nitrogens with zero attached hydrogens (tertiary/aromatic N) is 2. The maximum atomic E-state index is 5.18. The van der Waals surface area contributed by atoms with Crippen LogP contribution in [0, 0.1) is 0 Å². The quantitative estimate of drug-likeness (QED) is 0.332. The molecule has 0 aliphatic carbocycles. The van der Waals surface area contributed by atoms with Crippen molar-refractivity contribution >= 4 is 12.8 Å². The first-order chi connectivity index (χ1) is 3.60. The molecule has 0 aromatic carbocycles. The second kappa shape index (κ2) is 1.90. The first-order valence-electron chi connectivity index (χ1n) is 2.84. The van der Waals surface area contributed by atoms with Crippen LogP contribution in [0.1, 0.15) is 0 Å². The number of hydrogen-bond donors (Lipinski definition) is 0. The van der Waals surface area contributed by atoms with Crippen LogP contribution in [0.2, 0.25) is 0 Å². The van der Waals surface area contributed by atoms with E-state index in [0.717, 1.165) is 23.6 Å². The van der Waals surface area contributed by atoms with Crippen LogP contribution in [0.3, 0.4) is 0 Å². The van der Waals surface area contributed by atoms with Crippen molar-refractivity contribution in [3.8, 4) is 0 Å². The largest absolute Gasteiger partial charge is 0.493 e. The van der Waals surface area contributed by atoms with Gasteiger partial charge in [0.05, 0.1) is 20.1 Å². The normalized spacial score (nSPS) is 40.9. The molecule has 2 nitrogen and oxygen atoms in total. The van der Waals surface area contributed by atoms with Gasteiger partial charge in [-0.15, -0.1) is 0 Å². The van der Waals surface area contributed by atoms with E-state index < -0.39 is 0 Å². The molecule has 0 aromatic rings. The summed E-state index contributed by atoms with van der Waals surface area (Å²) in [7, 11) is 4.19. The van der Waals surface area contributed by atoms with Crippen LogP contribution in [0.5, 0.6) is 0 Å². The molecule has 3 heteroatoms. The summed E-state index contributed by atoms with van der Waals surface area (Å²) < 4.78 is 0.747. The van der Waals surface area contributed by atoms with Crippen LogP contribution >= 0.6 is 0 Å². The molecule has 1 heterocycles. The van der Waals surface area contributed by atoms with E-state index >= 15 is 0 Å². The van der Waals surface area contributed by atoms with Crippen molar-refractivity contribution in [2.24, 2.45) is 0 Å². The number of hydrogen-bond acceptors (Lipinski definition) is 2. The first kappa shape index (κ1) is 6.39. The van der Waals surface area contributed by atoms with E-state index in [1.165, 1.54) is 0 Å². The summed E-state index contributed by atoms with van der Waals surface area (Å²) in [5.74, 6) is 0. The highest BCUT2D eigenvalue weighted by Gasteiger charge is 2.19. The van der Waals surface area contributed by atoms with Crippen molar-refractivity contribution in [1.82, 2.24) is 4.90 Å². The van der Waals surface area contributed by atoms with Crippen molar-refractivity contribution in [2.75, 3.05) is 33.9 Å². The summed E-state index contributed by atoms with van der Waals surface area (Å²) >= 11 is 5.18. The van der Waals surface area contributed by atoms with Crippen molar-refractivity contribution in [3.63, 3.8) is 0 Å². The van der Waals surface area contributed by atoms with Crippen molar-refractivity contribution in [3.05, 3.63) is 0 Å². The minimum atomic E-state index is 0.747. The lowest BCUT2D eigenvalue weighted by atomic mass is 10.6. The molecular formula is C5H12N2S. The van der Waals surface area contributed by atoms with E-state index in [0.29, 0.717) is 0 Å². The second-order valence-electron chi connectivity index (χ2n) is 2.74. The Balaban J connectivity index is 2.44. The lowest BCUT2D eigenvalue weighted by Gasteiger charge is -2.34. The van der Waals surface area contributed by atoms with Gasteiger partial charge in [0, 0.05) is 0 Å². The molecule has 1 atom stereocenters. The third-order valence-electron chi connectivity index (χ3n) is 1.50. The van der Waals surface area contributed by atoms with Crippen LogP contribution in [0.4, 0.5) is 0 Å². The summed E-state index contributed by atoms with van der Waals surface area (Å²) in [6.45, 7) is 3.29. The van der Waals surface area contributed by atoms with E-state index in [1.807, 2.05) is 0 Å². The molecular weight excluding hydrogens is 120 g/mol. The fourth-order valence-electron chi connectivity index (χ4n) is 1.03. The summed E-state index contributed by atoms with van der Waals surface area (Å²) in [6.07, 6.45) is 0. The molecule has 1 fully saturated rings. The molecule has 1 rings (SSSR count). The van der Waals surface area contributed by atoms with E-state index in [1.54, 1.807) is 0 Å². The van der Waals surface area contributed by atoms with Gasteiger partial charge in [0.25, 0.3) is 0 Å². The van der Waals surface area contributed by atoms with Crippen LogP contribution < -0.4 is 0 Å². The molecule has 1 aliphatic heterocycles. The molecule has 1 unspecified atom stereocenters. The van der Waals surface area contributed by atoms with E-state index in [4.69, 9.17) is 12.8 Å². The molecule has 8 heavy (non-hydrogen) atoms. The summed E-state index contributed by atoms with van der Waals surface area (Å²) in [5.41, 5.74) is 0. The first-order valence-corrected chi connectivity index (χ1v) is 3.21. The van der Waals surface area contributed by atoms with Gasteiger partial charge in [0.2, 0.25) is 0 Å². The molecule has 0 spiro atoms. The predicted molar refractivity (Wildman–Crippen MR) is 35.9 cm³/mol. The van der Waals surface area contributed by atoms with Gasteiger partial charge >= 0.3 is 0 Å². The Hall–Kier alpha value is 0.270. The van der Waals surface area contributed by atoms with E-state index in [9.17, 15) is 0 Å². The van der Waals surface area contributed by atoms with Gasteiger partial charge in [0.1, 0.15) is 6.67 Å². The van der Waals surface area contributed by atoms with Gasteiger partial charge in [-0.05, 0) is 7.05 Å². The molecule has 0 saturated carbocycles. The van der Waals surface area contributed by atoms with Gasteiger partial charge in [-0.3, -0.25) is 4.90 Å². The van der Waals surface area contributed by atoms with Crippen LogP contribution in [-0.4, -0.2) is 42.6 Å². The average Bonchev–Trinajstić information content (AvgIpc) is 1.82. The highest BCUT2D eigenvalue weighted by atomic mass is 32.1. The summed E-state index contributed by atoms with van der Waals surface area (Å²) in [6, 6.07) is 0. The molecule has 0 N–H and O–H groups in total. The molecule has 48 valence electrons. The van der Waals surface area contributed by atoms with Gasteiger partial charge < -0.3 is 16.7 Å². The topological polar surface area (TPSA) is 3.24 Å². The van der Waals surface area contributed by atoms with Gasteiger partial charge in [-0.25, -0.2) is 0 Å². The Morgan fingerprint density at radius 2 is 2.25 bits per heavy atom. The fraction of sp³-hybridized carbons (Fsp3) is 1.00. The molecule has 0 amide bonds. The molecule has 0 radical (unpaired) electrons. The molecule has 1 aliphatic rings. The Morgan fingerprint density at radius 1 is 1.62 bits per heavy atom. The van der Waals surface area contributed by atoms with E-state index in [2.05, 4.69) is 19.0 Å². The predicted octanol–water partition coefficient (Wildman–Crippen LogP) is -0.202. The zero-order chi connectivity index (χ0) is 6.20. The molecule has 0 aromatic heterocycles. The maximum absolute atomic E-state index is 5.18. The minimum absolute atomic E-state index is 0.747. The number of likely N-dealkylation sites (N-methyl/N-ethyl adjacent to an activating group) is 2. The highest BCUT2D eigenvalue weighted by Crippen LogP contribution is 2.07. The standard InChI is InChI=1S/C5H12N2S/c1-6-3-4-7(2,8)5-6/h3-5H2,1-2H3. The van der Waals surface area contributed by atoms with Crippen LogP contribution in [-0.2, 0) is 12.8 Å². The Bertz CT molecular complexity index is 92.4. The lowest BCUT2D eigenvalue weighted by Crippen LogP contribution is -2.35. The fourth-order valence-corrected chi connectivity index (χ4v) is 1.31. The third-order valence-corrected chi connectivity index (χ3v) is 1.79. The van der Waals surface area contributed by atoms with Gasteiger partial charge in [-0.1, -0.05) is 0 Å². The maximum Gasteiger partial charge on any atom is 0.118 e. The smallest absolute Gasteiger partial charge is 0.118 e. The highest BCUT2D eigenvalue weighted by molar-refractivity contribution is 7.52. The molecule has 1 saturated heterocycles. The van der Waals surface area contributed by atoms with Gasteiger partial charge in [0.15, 0.2) is 0 Å². The summed E-state index contributed by atoms with van der Waals surface area (Å²) in [4.78, 5) is 2.26. The van der Waals surface area contributed by atoms with Crippen LogP contribution in [0.15, 0.2) is 0 Å². The monoisotopic (exact) mass is 132 g/mol. The summed E-state index contributed by atoms with van der Waals surface area (Å²) in [5, 5.41) is 0. The second-order valence-corrected chi connectivity index (χ2v) is 3.62. The van der Waals surface area contributed by atoms with Crippen molar-refractivity contribution < 1.29 is 3.89 Å². The van der Waals surface area contributed by atoms with E-state index in [-0.39, 0.29) is 0 Å². The van der Waals surface area contributed by atoms with Crippen molar-refractivity contribution in [2.45, 2.75) is 0 Å². The Morgan fingerprint density at radius 3 is 2.38 bits per heavy atom. The van der Waals surface area contributed by atoms with Crippen molar-refractivity contribution in [1.29, 1.82) is 0 Å². The Kier molecular flexibility index (Phi) is 1.52. The molecule has 0 bridgehead atoms. The lowest BCUT2D eigenvalue weighted by molar-refractivity contribution is -0.763. The SMILES string of the molecule is CN1CC[N+](C)([S-])C1. The van der Waals surface area contributed by atoms with Crippen LogP contribution in [0.25, 0.3) is 0 Å². The third kappa shape index (κ3) is 1.37. The number of quaternary nitrogens is 1.